The number of hydrazone groups is 1. The minimum Gasteiger partial charge on any atom is -0.484 e. The number of para-hydroxylation sites is 1. The highest BCUT2D eigenvalue weighted by atomic mass is 79.9. The largest absolute Gasteiger partial charge is 0.484 e. The van der Waals surface area contributed by atoms with Crippen LogP contribution in [0.1, 0.15) is 33.9 Å². The molecule has 0 aliphatic carbocycles. The molecule has 5 aromatic rings. The molecule has 0 saturated carbocycles. The Kier molecular flexibility index (Phi) is 14.8. The number of aromatic amines is 1. The Morgan fingerprint density at radius 2 is 1.60 bits per heavy atom. The van der Waals surface area contributed by atoms with E-state index in [4.69, 9.17) is 37.4 Å². The van der Waals surface area contributed by atoms with Gasteiger partial charge in [-0.1, -0.05) is 70.0 Å². The fourth-order valence-electron chi connectivity index (χ4n) is 6.00. The molecular weight excluding hydrogens is 875 g/mol. The Balaban J connectivity index is 0.831. The highest BCUT2D eigenvalue weighted by molar-refractivity contribution is 9.10. The van der Waals surface area contributed by atoms with E-state index in [-0.39, 0.29) is 80.3 Å². The van der Waals surface area contributed by atoms with Gasteiger partial charge in [0.25, 0.3) is 27.7 Å². The van der Waals surface area contributed by atoms with Crippen LogP contribution in [0, 0.1) is 0 Å². The molecule has 1 atom stereocenters. The number of halogens is 3. The Labute approximate surface area is 353 Å². The van der Waals surface area contributed by atoms with Crippen LogP contribution in [0.4, 0.5) is 5.69 Å². The van der Waals surface area contributed by atoms with Crippen LogP contribution in [0.25, 0.3) is 10.9 Å². The number of carbonyl (C=O) groups is 3. The van der Waals surface area contributed by atoms with Gasteiger partial charge < -0.3 is 29.8 Å². The van der Waals surface area contributed by atoms with Crippen molar-refractivity contribution in [2.45, 2.75) is 17.4 Å². The molecule has 58 heavy (non-hydrogen) atoms. The first-order chi connectivity index (χ1) is 28.0. The van der Waals surface area contributed by atoms with Crippen molar-refractivity contribution in [1.82, 2.24) is 20.6 Å². The molecule has 6 rings (SSSR count). The molecule has 18 heteroatoms. The monoisotopic (exact) mass is 912 g/mol. The number of anilines is 1. The number of nitrogens with zero attached hydrogens (tertiary/aromatic N) is 2. The van der Waals surface area contributed by atoms with E-state index < -0.39 is 15.9 Å². The first kappa shape index (κ1) is 42.6. The summed E-state index contributed by atoms with van der Waals surface area (Å²) in [6.07, 6.45) is 2.10. The van der Waals surface area contributed by atoms with Gasteiger partial charge in [0.2, 0.25) is 0 Å². The van der Waals surface area contributed by atoms with Gasteiger partial charge in [-0.25, -0.2) is 13.4 Å². The van der Waals surface area contributed by atoms with E-state index in [0.717, 1.165) is 21.3 Å². The standard InChI is InChI=1S/C40H39BrCl2N6O8S/c41-29-11-7-26(8-12-29)35-22-36(49(47-35)38(51)23-42)27-9-13-30(14-10-27)57-25-37(50)44-15-17-55-19-20-56-18-16-45-40(52)28-3-1-4-31(21-28)58(53,54)48-34-6-2-5-32-33(43)24-46-39(32)34/h1-14,21,24,36,46,48H,15-20,22-23,25H2,(H,44,50)(H,45,52). The first-order valence-electron chi connectivity index (χ1n) is 18.1. The van der Waals surface area contributed by atoms with E-state index in [1.54, 1.807) is 36.5 Å². The molecule has 1 aliphatic rings. The second kappa shape index (κ2) is 20.1. The zero-order valence-electron chi connectivity index (χ0n) is 30.9. The summed E-state index contributed by atoms with van der Waals surface area (Å²) in [5.74, 6) is -0.765. The van der Waals surface area contributed by atoms with Gasteiger partial charge in [0.1, 0.15) is 11.6 Å². The van der Waals surface area contributed by atoms with Crippen molar-refractivity contribution in [3.8, 4) is 5.75 Å². The quantitative estimate of drug-likeness (QED) is 0.0554. The molecule has 0 radical (unpaired) electrons. The highest BCUT2D eigenvalue weighted by Gasteiger charge is 2.32. The van der Waals surface area contributed by atoms with Crippen LogP contribution in [-0.2, 0) is 29.1 Å². The number of sulfonamides is 1. The average molecular weight is 915 g/mol. The Morgan fingerprint density at radius 3 is 2.33 bits per heavy atom. The van der Waals surface area contributed by atoms with Crippen LogP contribution in [-0.4, -0.2) is 93.8 Å². The van der Waals surface area contributed by atoms with Gasteiger partial charge >= 0.3 is 0 Å². The lowest BCUT2D eigenvalue weighted by atomic mass is 9.98. The summed E-state index contributed by atoms with van der Waals surface area (Å²) >= 11 is 15.5. The summed E-state index contributed by atoms with van der Waals surface area (Å²) in [7, 11) is -4.01. The second-order valence-electron chi connectivity index (χ2n) is 12.8. The molecule has 4 N–H and O–H groups in total. The summed E-state index contributed by atoms with van der Waals surface area (Å²) < 4.78 is 46.4. The molecular formula is C40H39BrCl2N6O8S. The molecule has 304 valence electrons. The third-order valence-electron chi connectivity index (χ3n) is 8.88. The fraction of sp³-hybridized carbons (Fsp3) is 0.250. The summed E-state index contributed by atoms with van der Waals surface area (Å²) in [4.78, 5) is 40.5. The van der Waals surface area contributed by atoms with E-state index in [9.17, 15) is 22.8 Å². The summed E-state index contributed by atoms with van der Waals surface area (Å²) in [6.45, 7) is 1.26. The Bertz CT molecular complexity index is 2380. The molecule has 0 fully saturated rings. The number of hydrogen-bond acceptors (Lipinski definition) is 9. The number of ether oxygens (including phenoxy) is 3. The first-order valence-corrected chi connectivity index (χ1v) is 21.2. The number of amides is 3. The summed E-state index contributed by atoms with van der Waals surface area (Å²) in [6, 6.07) is 25.4. The molecule has 1 aliphatic heterocycles. The van der Waals surface area contributed by atoms with Gasteiger partial charge in [-0.3, -0.25) is 19.1 Å². The van der Waals surface area contributed by atoms with Crippen LogP contribution in [0.15, 0.2) is 112 Å². The SMILES string of the molecule is O=C(COc1ccc(C2CC(c3ccc(Br)cc3)=NN2C(=O)CCl)cc1)NCCOCCOCCNC(=O)c1cccc(S(=O)(=O)Nc2cccc3c(Cl)c[nH]c23)c1. The number of alkyl halides is 1. The fourth-order valence-corrected chi connectivity index (χ4v) is 7.72. The highest BCUT2D eigenvalue weighted by Crippen LogP contribution is 2.34. The number of fused-ring (bicyclic) bond motifs is 1. The van der Waals surface area contributed by atoms with E-state index >= 15 is 0 Å². The lowest BCUT2D eigenvalue weighted by Gasteiger charge is -2.21. The Morgan fingerprint density at radius 1 is 0.897 bits per heavy atom. The zero-order valence-corrected chi connectivity index (χ0v) is 34.8. The number of rotatable bonds is 19. The number of hydrogen-bond donors (Lipinski definition) is 4. The number of carbonyl (C=O) groups excluding carboxylic acids is 3. The summed E-state index contributed by atoms with van der Waals surface area (Å²) in [5.41, 5.74) is 3.61. The molecule has 4 aromatic carbocycles. The van der Waals surface area contributed by atoms with Crippen molar-refractivity contribution < 1.29 is 37.0 Å². The minimum absolute atomic E-state index is 0.0736. The lowest BCUT2D eigenvalue weighted by Crippen LogP contribution is -2.32. The third kappa shape index (κ3) is 11.2. The van der Waals surface area contributed by atoms with Crippen molar-refractivity contribution in [3.05, 3.63) is 123 Å². The number of benzene rings is 4. The van der Waals surface area contributed by atoms with Crippen molar-refractivity contribution >= 4 is 89.2 Å². The average Bonchev–Trinajstić information content (AvgIpc) is 3.85. The van der Waals surface area contributed by atoms with Gasteiger partial charge in [-0.05, 0) is 59.7 Å². The van der Waals surface area contributed by atoms with E-state index in [0.29, 0.717) is 33.8 Å². The lowest BCUT2D eigenvalue weighted by molar-refractivity contribution is -0.130. The van der Waals surface area contributed by atoms with Gasteiger partial charge in [0.05, 0.1) is 59.3 Å². The van der Waals surface area contributed by atoms with Crippen LogP contribution >= 0.6 is 39.1 Å². The molecule has 14 nitrogen and oxygen atoms in total. The second-order valence-corrected chi connectivity index (χ2v) is 16.1. The van der Waals surface area contributed by atoms with Gasteiger partial charge in [0, 0.05) is 41.1 Å². The topological polar surface area (TPSA) is 181 Å². The van der Waals surface area contributed by atoms with Crippen molar-refractivity contribution in [2.75, 3.05) is 56.7 Å². The maximum absolute atomic E-state index is 13.1. The van der Waals surface area contributed by atoms with E-state index in [1.165, 1.54) is 29.3 Å². The Hall–Kier alpha value is -4.97. The summed E-state index contributed by atoms with van der Waals surface area (Å²) in [5, 5.41) is 12.6. The molecule has 1 aromatic heterocycles. The van der Waals surface area contributed by atoms with Crippen LogP contribution < -0.4 is 20.1 Å². The van der Waals surface area contributed by atoms with Crippen molar-refractivity contribution in [2.24, 2.45) is 5.10 Å². The zero-order chi connectivity index (χ0) is 41.1. The van der Waals surface area contributed by atoms with E-state index in [1.807, 2.05) is 36.4 Å². The van der Waals surface area contributed by atoms with Crippen LogP contribution in [0.2, 0.25) is 5.02 Å². The number of aromatic nitrogens is 1. The molecule has 0 bridgehead atoms. The molecule has 0 saturated heterocycles. The maximum atomic E-state index is 13.1. The smallest absolute Gasteiger partial charge is 0.261 e. The predicted octanol–water partition coefficient (Wildman–Crippen LogP) is 6.26. The van der Waals surface area contributed by atoms with Crippen LogP contribution in [0.3, 0.4) is 0 Å². The van der Waals surface area contributed by atoms with E-state index in [2.05, 4.69) is 41.4 Å². The maximum Gasteiger partial charge on any atom is 0.261 e. The van der Waals surface area contributed by atoms with Crippen molar-refractivity contribution in [1.29, 1.82) is 0 Å². The number of nitrogens with one attached hydrogen (secondary N) is 4. The molecule has 1 unspecified atom stereocenters. The van der Waals surface area contributed by atoms with Gasteiger partial charge in [-0.2, -0.15) is 5.10 Å². The predicted molar refractivity (Wildman–Crippen MR) is 225 cm³/mol. The number of H-pyrrole nitrogens is 1. The normalized spacial score (nSPS) is 13.9. The molecule has 2 heterocycles. The minimum atomic E-state index is -4.01. The molecule has 3 amide bonds. The molecule has 0 spiro atoms. The third-order valence-corrected chi connectivity index (χ3v) is 11.3. The van der Waals surface area contributed by atoms with Gasteiger partial charge in [0.15, 0.2) is 6.61 Å². The van der Waals surface area contributed by atoms with Gasteiger partial charge in [-0.15, -0.1) is 11.6 Å². The van der Waals surface area contributed by atoms with Crippen LogP contribution in [0.5, 0.6) is 5.75 Å². The van der Waals surface area contributed by atoms with Crippen molar-refractivity contribution in [3.63, 3.8) is 0 Å².